The summed E-state index contributed by atoms with van der Waals surface area (Å²) in [5.74, 6) is 1.79. The number of carbonyl (C=O) groups is 1. The van der Waals surface area contributed by atoms with E-state index in [1.807, 2.05) is 79.8 Å². The van der Waals surface area contributed by atoms with Gasteiger partial charge in [0, 0.05) is 13.0 Å². The minimum absolute atomic E-state index is 0.160. The summed E-state index contributed by atoms with van der Waals surface area (Å²) < 4.78 is 29.7. The molecule has 8 heteroatoms. The summed E-state index contributed by atoms with van der Waals surface area (Å²) in [7, 11) is 6.91. The van der Waals surface area contributed by atoms with Crippen molar-refractivity contribution in [2.75, 3.05) is 28.4 Å². The van der Waals surface area contributed by atoms with Crippen molar-refractivity contribution in [2.45, 2.75) is 55.8 Å². The maximum atomic E-state index is 12.3. The Morgan fingerprint density at radius 2 is 1.10 bits per heavy atom. The van der Waals surface area contributed by atoms with Gasteiger partial charge in [-0.05, 0) is 73.0 Å². The summed E-state index contributed by atoms with van der Waals surface area (Å²) in [5, 5.41) is 10.7. The molecule has 2 heterocycles. The lowest BCUT2D eigenvalue weighted by Gasteiger charge is -2.41. The van der Waals surface area contributed by atoms with Gasteiger partial charge in [0.2, 0.25) is 0 Å². The summed E-state index contributed by atoms with van der Waals surface area (Å²) in [6.07, 6.45) is -0.568. The lowest BCUT2D eigenvalue weighted by atomic mass is 9.79. The first kappa shape index (κ1) is 28.0. The molecule has 3 aromatic carbocycles. The molecule has 8 nitrogen and oxygen atoms in total. The van der Waals surface area contributed by atoms with Gasteiger partial charge < -0.3 is 28.8 Å². The maximum absolute atomic E-state index is 12.3. The van der Waals surface area contributed by atoms with Crippen LogP contribution in [0.5, 0.6) is 17.2 Å². The number of rotatable bonds is 9. The Labute approximate surface area is 235 Å². The molecule has 2 bridgehead atoms. The zero-order valence-corrected chi connectivity index (χ0v) is 23.6. The van der Waals surface area contributed by atoms with Crippen molar-refractivity contribution in [3.8, 4) is 17.2 Å². The van der Waals surface area contributed by atoms with Gasteiger partial charge in [-0.3, -0.25) is 9.69 Å². The summed E-state index contributed by atoms with van der Waals surface area (Å²) in [4.78, 5) is 14.5. The molecule has 2 aliphatic heterocycles. The molecule has 2 fully saturated rings. The predicted molar refractivity (Wildman–Crippen MR) is 150 cm³/mol. The van der Waals surface area contributed by atoms with E-state index in [1.165, 1.54) is 6.92 Å². The Kier molecular flexibility index (Phi) is 8.03. The number of hydrogen-bond acceptors (Lipinski definition) is 8. The van der Waals surface area contributed by atoms with Crippen LogP contribution in [0.15, 0.2) is 72.8 Å². The van der Waals surface area contributed by atoms with E-state index in [1.54, 1.807) is 21.3 Å². The standard InChI is InChI=1S/C32H37NO7/c1-20(34)39-30-28-18-24(35)19-29(33(28)2)31(30)40-32(21-6-12-25(36-3)13-7-21,22-8-14-26(37-4)15-9-22)23-10-16-27(38-5)17-11-23/h6-17,24,28-31,35H,18-19H2,1-5H3/t24?,28-,29+,30-,31+/m0/s1. The van der Waals surface area contributed by atoms with Gasteiger partial charge in [0.15, 0.2) is 0 Å². The summed E-state index contributed by atoms with van der Waals surface area (Å²) in [6, 6.07) is 23.1. The van der Waals surface area contributed by atoms with Gasteiger partial charge >= 0.3 is 5.97 Å². The molecule has 0 spiro atoms. The molecule has 40 heavy (non-hydrogen) atoms. The van der Waals surface area contributed by atoms with E-state index < -0.39 is 23.9 Å². The van der Waals surface area contributed by atoms with Crippen LogP contribution in [-0.2, 0) is 19.9 Å². The van der Waals surface area contributed by atoms with E-state index in [-0.39, 0.29) is 18.1 Å². The number of esters is 1. The van der Waals surface area contributed by atoms with Crippen LogP contribution in [0.3, 0.4) is 0 Å². The maximum Gasteiger partial charge on any atom is 0.303 e. The molecule has 0 aliphatic carbocycles. The third-order valence-electron chi connectivity index (χ3n) is 8.26. The Morgan fingerprint density at radius 1 is 0.725 bits per heavy atom. The Balaban J connectivity index is 1.73. The van der Waals surface area contributed by atoms with Crippen LogP contribution < -0.4 is 14.2 Å². The largest absolute Gasteiger partial charge is 0.497 e. The SMILES string of the molecule is COc1ccc(C(O[C@H]2[C@@H](OC(C)=O)[C@@H]3CC(O)C[C@H]2N3C)(c2ccc(OC)cc2)c2ccc(OC)cc2)cc1. The summed E-state index contributed by atoms with van der Waals surface area (Å²) in [6.45, 7) is 1.42. The van der Waals surface area contributed by atoms with Crippen molar-refractivity contribution in [3.63, 3.8) is 0 Å². The molecule has 212 valence electrons. The number of methoxy groups -OCH3 is 3. The highest BCUT2D eigenvalue weighted by molar-refractivity contribution is 5.66. The number of nitrogens with zero attached hydrogens (tertiary/aromatic N) is 1. The monoisotopic (exact) mass is 547 g/mol. The van der Waals surface area contributed by atoms with Crippen molar-refractivity contribution in [1.29, 1.82) is 0 Å². The van der Waals surface area contributed by atoms with Crippen molar-refractivity contribution < 1.29 is 33.6 Å². The quantitative estimate of drug-likeness (QED) is 0.316. The molecular weight excluding hydrogens is 510 g/mol. The fourth-order valence-electron chi connectivity index (χ4n) is 6.27. The van der Waals surface area contributed by atoms with Gasteiger partial charge in [-0.1, -0.05) is 36.4 Å². The molecule has 0 radical (unpaired) electrons. The van der Waals surface area contributed by atoms with Crippen LogP contribution in [-0.4, -0.2) is 74.7 Å². The van der Waals surface area contributed by atoms with Gasteiger partial charge in [-0.25, -0.2) is 0 Å². The average molecular weight is 548 g/mol. The van der Waals surface area contributed by atoms with Crippen LogP contribution in [0.1, 0.15) is 36.5 Å². The number of benzene rings is 3. The van der Waals surface area contributed by atoms with Crippen LogP contribution in [0.25, 0.3) is 0 Å². The molecule has 3 aromatic rings. The smallest absolute Gasteiger partial charge is 0.303 e. The van der Waals surface area contributed by atoms with Crippen LogP contribution in [0.4, 0.5) is 0 Å². The van der Waals surface area contributed by atoms with Crippen LogP contribution in [0.2, 0.25) is 0 Å². The highest BCUT2D eigenvalue weighted by atomic mass is 16.6. The van der Waals surface area contributed by atoms with E-state index in [9.17, 15) is 9.90 Å². The number of likely N-dealkylation sites (N-methyl/N-ethyl adjacent to an activating group) is 1. The molecule has 2 saturated heterocycles. The van der Waals surface area contributed by atoms with E-state index in [0.29, 0.717) is 12.8 Å². The third-order valence-corrected chi connectivity index (χ3v) is 8.26. The number of piperidine rings is 1. The van der Waals surface area contributed by atoms with Crippen molar-refractivity contribution in [1.82, 2.24) is 4.90 Å². The van der Waals surface area contributed by atoms with E-state index in [2.05, 4.69) is 4.90 Å². The van der Waals surface area contributed by atoms with Gasteiger partial charge in [0.25, 0.3) is 0 Å². The molecule has 0 aromatic heterocycles. The summed E-state index contributed by atoms with van der Waals surface area (Å²) in [5.41, 5.74) is 1.50. The number of ether oxygens (including phenoxy) is 5. The Morgan fingerprint density at radius 3 is 1.45 bits per heavy atom. The number of aliphatic hydroxyl groups is 1. The van der Waals surface area contributed by atoms with Crippen molar-refractivity contribution >= 4 is 5.97 Å². The van der Waals surface area contributed by atoms with E-state index >= 15 is 0 Å². The molecule has 5 rings (SSSR count). The highest BCUT2D eigenvalue weighted by Crippen LogP contribution is 2.47. The third kappa shape index (κ3) is 5.03. The molecule has 1 unspecified atom stereocenters. The number of carbonyl (C=O) groups excluding carboxylic acids is 1. The molecule has 1 N–H and O–H groups in total. The van der Waals surface area contributed by atoms with Gasteiger partial charge in [0.1, 0.15) is 35.1 Å². The van der Waals surface area contributed by atoms with Gasteiger partial charge in [-0.15, -0.1) is 0 Å². The second kappa shape index (κ2) is 11.5. The normalized spacial score (nSPS) is 24.4. The highest BCUT2D eigenvalue weighted by Gasteiger charge is 2.57. The Hall–Kier alpha value is -3.59. The lowest BCUT2D eigenvalue weighted by Crippen LogP contribution is -2.47. The van der Waals surface area contributed by atoms with E-state index in [0.717, 1.165) is 33.9 Å². The minimum atomic E-state index is -1.11. The van der Waals surface area contributed by atoms with E-state index in [4.69, 9.17) is 23.7 Å². The Bertz CT molecular complexity index is 1180. The average Bonchev–Trinajstić information content (AvgIpc) is 3.10. The van der Waals surface area contributed by atoms with Crippen molar-refractivity contribution in [3.05, 3.63) is 89.5 Å². The zero-order chi connectivity index (χ0) is 28.4. The zero-order valence-electron chi connectivity index (χ0n) is 23.6. The molecule has 0 amide bonds. The first-order valence-electron chi connectivity index (χ1n) is 13.5. The van der Waals surface area contributed by atoms with Crippen LogP contribution in [0, 0.1) is 0 Å². The first-order chi connectivity index (χ1) is 19.3. The fourth-order valence-corrected chi connectivity index (χ4v) is 6.27. The van der Waals surface area contributed by atoms with Gasteiger partial charge in [0.05, 0.1) is 33.5 Å². The van der Waals surface area contributed by atoms with Crippen LogP contribution >= 0.6 is 0 Å². The number of aliphatic hydroxyl groups excluding tert-OH is 1. The second-order valence-electron chi connectivity index (χ2n) is 10.4. The molecule has 0 saturated carbocycles. The lowest BCUT2D eigenvalue weighted by molar-refractivity contribution is -0.160. The van der Waals surface area contributed by atoms with Crippen molar-refractivity contribution in [2.24, 2.45) is 0 Å². The topological polar surface area (TPSA) is 86.7 Å². The van der Waals surface area contributed by atoms with Gasteiger partial charge in [-0.2, -0.15) is 0 Å². The number of hydrogen-bond donors (Lipinski definition) is 1. The predicted octanol–water partition coefficient (Wildman–Crippen LogP) is 4.16. The molecule has 5 atom stereocenters. The number of fused-ring (bicyclic) bond motifs is 2. The summed E-state index contributed by atoms with van der Waals surface area (Å²) >= 11 is 0. The molecule has 2 aliphatic rings. The fraction of sp³-hybridized carbons (Fsp3) is 0.406. The minimum Gasteiger partial charge on any atom is -0.497 e. The first-order valence-corrected chi connectivity index (χ1v) is 13.5. The second-order valence-corrected chi connectivity index (χ2v) is 10.4. The molecular formula is C32H37NO7.